The van der Waals surface area contributed by atoms with Gasteiger partial charge in [0.1, 0.15) is 6.54 Å². The van der Waals surface area contributed by atoms with Gasteiger partial charge in [0.2, 0.25) is 11.8 Å². The monoisotopic (exact) mass is 419 g/mol. The first-order valence-corrected chi connectivity index (χ1v) is 8.93. The van der Waals surface area contributed by atoms with Crippen LogP contribution in [-0.2, 0) is 9.59 Å². The maximum Gasteiger partial charge on any atom is 0.406 e. The van der Waals surface area contributed by atoms with Crippen LogP contribution in [0.1, 0.15) is 16.8 Å². The molecule has 2 fully saturated rings. The highest BCUT2D eigenvalue weighted by atomic mass is 19.4. The van der Waals surface area contributed by atoms with Crippen LogP contribution >= 0.6 is 0 Å². The van der Waals surface area contributed by atoms with Gasteiger partial charge in [0.15, 0.2) is 11.6 Å². The third kappa shape index (κ3) is 4.83. The minimum absolute atomic E-state index is 0.0205. The lowest BCUT2D eigenvalue weighted by molar-refractivity contribution is -0.157. The molecule has 11 heteroatoms. The molecule has 6 nitrogen and oxygen atoms in total. The molecule has 2 aliphatic rings. The normalized spacial score (nSPS) is 20.4. The lowest BCUT2D eigenvalue weighted by Gasteiger charge is -2.36. The number of halogens is 5. The van der Waals surface area contributed by atoms with Crippen LogP contribution < -0.4 is 0 Å². The highest BCUT2D eigenvalue weighted by Gasteiger charge is 2.42. The standard InChI is InChI=1S/C18H18F5N3O3/c19-13-2-1-11(7-14(13)20)16(28)24-3-5-25(6-4-24)17(29)12-8-15(27)26(9-12)10-18(21,22)23/h1-2,7,12H,3-6,8-10H2. The summed E-state index contributed by atoms with van der Waals surface area (Å²) < 4.78 is 63.8. The average molecular weight is 419 g/mol. The highest BCUT2D eigenvalue weighted by molar-refractivity contribution is 5.94. The number of hydrogen-bond acceptors (Lipinski definition) is 3. The van der Waals surface area contributed by atoms with Crippen LogP contribution in [0.15, 0.2) is 18.2 Å². The second-order valence-corrected chi connectivity index (χ2v) is 7.04. The van der Waals surface area contributed by atoms with Crippen LogP contribution in [-0.4, -0.2) is 77.9 Å². The van der Waals surface area contributed by atoms with Crippen LogP contribution in [0.25, 0.3) is 0 Å². The number of piperazine rings is 1. The lowest BCUT2D eigenvalue weighted by atomic mass is 10.1. The number of nitrogens with zero attached hydrogens (tertiary/aromatic N) is 3. The van der Waals surface area contributed by atoms with E-state index in [4.69, 9.17) is 0 Å². The van der Waals surface area contributed by atoms with Crippen molar-refractivity contribution in [1.29, 1.82) is 0 Å². The zero-order valence-electron chi connectivity index (χ0n) is 15.2. The molecule has 2 heterocycles. The number of amides is 3. The minimum Gasteiger partial charge on any atom is -0.339 e. The van der Waals surface area contributed by atoms with Gasteiger partial charge in [0, 0.05) is 44.7 Å². The molecule has 0 spiro atoms. The molecule has 0 aliphatic carbocycles. The number of benzene rings is 1. The molecule has 1 aromatic rings. The second-order valence-electron chi connectivity index (χ2n) is 7.04. The molecule has 0 aromatic heterocycles. The van der Waals surface area contributed by atoms with Gasteiger partial charge < -0.3 is 14.7 Å². The second kappa shape index (κ2) is 7.96. The predicted octanol–water partition coefficient (Wildman–Crippen LogP) is 1.66. The molecular formula is C18H18F5N3O3. The molecule has 0 saturated carbocycles. The molecular weight excluding hydrogens is 401 g/mol. The number of alkyl halides is 3. The molecule has 1 unspecified atom stereocenters. The van der Waals surface area contributed by atoms with Gasteiger partial charge in [0.05, 0.1) is 5.92 Å². The molecule has 2 aliphatic heterocycles. The Bertz CT molecular complexity index is 821. The zero-order valence-corrected chi connectivity index (χ0v) is 15.2. The average Bonchev–Trinajstić information content (AvgIpc) is 3.01. The largest absolute Gasteiger partial charge is 0.406 e. The Hall–Kier alpha value is -2.72. The van der Waals surface area contributed by atoms with Crippen LogP contribution in [0.3, 0.4) is 0 Å². The molecule has 1 atom stereocenters. The van der Waals surface area contributed by atoms with Gasteiger partial charge >= 0.3 is 6.18 Å². The minimum atomic E-state index is -4.53. The summed E-state index contributed by atoms with van der Waals surface area (Å²) in [7, 11) is 0. The summed E-state index contributed by atoms with van der Waals surface area (Å²) >= 11 is 0. The quantitative estimate of drug-likeness (QED) is 0.701. The van der Waals surface area contributed by atoms with E-state index in [1.54, 1.807) is 0 Å². The number of carbonyl (C=O) groups is 3. The fraction of sp³-hybridized carbons (Fsp3) is 0.500. The van der Waals surface area contributed by atoms with E-state index in [1.807, 2.05) is 0 Å². The van der Waals surface area contributed by atoms with E-state index >= 15 is 0 Å². The maximum atomic E-state index is 13.3. The van der Waals surface area contributed by atoms with E-state index in [2.05, 4.69) is 0 Å². The fourth-order valence-electron chi connectivity index (χ4n) is 3.51. The van der Waals surface area contributed by atoms with Gasteiger partial charge in [-0.05, 0) is 18.2 Å². The summed E-state index contributed by atoms with van der Waals surface area (Å²) in [6.07, 6.45) is -4.80. The van der Waals surface area contributed by atoms with Crippen molar-refractivity contribution < 1.29 is 36.3 Å². The van der Waals surface area contributed by atoms with E-state index in [0.29, 0.717) is 4.90 Å². The summed E-state index contributed by atoms with van der Waals surface area (Å²) in [5.74, 6) is -4.71. The first-order valence-electron chi connectivity index (χ1n) is 8.93. The lowest BCUT2D eigenvalue weighted by Crippen LogP contribution is -2.52. The fourth-order valence-corrected chi connectivity index (χ4v) is 3.51. The van der Waals surface area contributed by atoms with Gasteiger partial charge in [-0.2, -0.15) is 13.2 Å². The van der Waals surface area contributed by atoms with Crippen molar-refractivity contribution in [3.8, 4) is 0 Å². The van der Waals surface area contributed by atoms with Gasteiger partial charge in [0.25, 0.3) is 5.91 Å². The molecule has 3 rings (SSSR count). The van der Waals surface area contributed by atoms with E-state index < -0.39 is 48.0 Å². The SMILES string of the molecule is O=C1CC(C(=O)N2CCN(C(=O)c3ccc(F)c(F)c3)CC2)CN1CC(F)(F)F. The van der Waals surface area contributed by atoms with E-state index in [0.717, 1.165) is 18.2 Å². The molecule has 29 heavy (non-hydrogen) atoms. The van der Waals surface area contributed by atoms with Crippen LogP contribution in [0.5, 0.6) is 0 Å². The Morgan fingerprint density at radius 3 is 2.21 bits per heavy atom. The number of likely N-dealkylation sites (tertiary alicyclic amines) is 1. The Morgan fingerprint density at radius 1 is 1.00 bits per heavy atom. The summed E-state index contributed by atoms with van der Waals surface area (Å²) in [4.78, 5) is 40.1. The Balaban J connectivity index is 1.55. The van der Waals surface area contributed by atoms with E-state index in [9.17, 15) is 36.3 Å². The molecule has 1 aromatic carbocycles. The maximum absolute atomic E-state index is 13.3. The van der Waals surface area contributed by atoms with Gasteiger partial charge in [-0.1, -0.05) is 0 Å². The van der Waals surface area contributed by atoms with Crippen molar-refractivity contribution in [2.75, 3.05) is 39.3 Å². The Morgan fingerprint density at radius 2 is 1.62 bits per heavy atom. The van der Waals surface area contributed by atoms with Crippen LogP contribution in [0.4, 0.5) is 22.0 Å². The van der Waals surface area contributed by atoms with Crippen molar-refractivity contribution in [3.05, 3.63) is 35.4 Å². The summed E-state index contributed by atoms with van der Waals surface area (Å²) in [6.45, 7) is -1.12. The van der Waals surface area contributed by atoms with Gasteiger partial charge in [-0.25, -0.2) is 8.78 Å². The first kappa shape index (κ1) is 21.0. The molecule has 0 bridgehead atoms. The Kier molecular flexibility index (Phi) is 5.76. The molecule has 2 saturated heterocycles. The molecule has 3 amide bonds. The van der Waals surface area contributed by atoms with Gasteiger partial charge in [-0.3, -0.25) is 14.4 Å². The molecule has 0 N–H and O–H groups in total. The number of hydrogen-bond donors (Lipinski definition) is 0. The van der Waals surface area contributed by atoms with Crippen LogP contribution in [0, 0.1) is 17.6 Å². The predicted molar refractivity (Wildman–Crippen MR) is 89.6 cm³/mol. The third-order valence-electron chi connectivity index (χ3n) is 4.98. The van der Waals surface area contributed by atoms with E-state index in [1.165, 1.54) is 9.80 Å². The van der Waals surface area contributed by atoms with Crippen molar-refractivity contribution in [2.45, 2.75) is 12.6 Å². The topological polar surface area (TPSA) is 60.9 Å². The molecule has 158 valence electrons. The third-order valence-corrected chi connectivity index (χ3v) is 4.98. The highest BCUT2D eigenvalue weighted by Crippen LogP contribution is 2.25. The number of carbonyl (C=O) groups excluding carboxylic acids is 3. The van der Waals surface area contributed by atoms with Crippen molar-refractivity contribution in [3.63, 3.8) is 0 Å². The Labute approximate surface area is 162 Å². The summed E-state index contributed by atoms with van der Waals surface area (Å²) in [5.41, 5.74) is -0.0205. The first-order chi connectivity index (χ1) is 13.5. The summed E-state index contributed by atoms with van der Waals surface area (Å²) in [6, 6.07) is 2.82. The number of rotatable bonds is 3. The smallest absolute Gasteiger partial charge is 0.339 e. The zero-order chi connectivity index (χ0) is 21.3. The van der Waals surface area contributed by atoms with Gasteiger partial charge in [-0.15, -0.1) is 0 Å². The van der Waals surface area contributed by atoms with Crippen LogP contribution in [0.2, 0.25) is 0 Å². The molecule has 0 radical (unpaired) electrons. The van der Waals surface area contributed by atoms with Crippen molar-refractivity contribution in [2.24, 2.45) is 5.92 Å². The van der Waals surface area contributed by atoms with Crippen molar-refractivity contribution in [1.82, 2.24) is 14.7 Å². The summed E-state index contributed by atoms with van der Waals surface area (Å²) in [5, 5.41) is 0. The van der Waals surface area contributed by atoms with Crippen molar-refractivity contribution >= 4 is 17.7 Å². The van der Waals surface area contributed by atoms with E-state index in [-0.39, 0.29) is 44.7 Å².